The molecule has 0 aliphatic rings. The second-order valence-corrected chi connectivity index (χ2v) is 4.52. The Labute approximate surface area is 122 Å². The Morgan fingerprint density at radius 2 is 2.24 bits per heavy atom. The molecule has 0 saturated heterocycles. The topological polar surface area (TPSA) is 95.1 Å². The number of carbonyl (C=O) groups is 1. The highest BCUT2D eigenvalue weighted by atomic mass is 16.5. The zero-order chi connectivity index (χ0) is 15.2. The van der Waals surface area contributed by atoms with Gasteiger partial charge in [-0.3, -0.25) is 0 Å². The van der Waals surface area contributed by atoms with Crippen LogP contribution >= 0.6 is 0 Å². The maximum absolute atomic E-state index is 12.0. The summed E-state index contributed by atoms with van der Waals surface area (Å²) in [4.78, 5) is 16.3. The van der Waals surface area contributed by atoms with Gasteiger partial charge in [-0.2, -0.15) is 0 Å². The Morgan fingerprint density at radius 1 is 1.43 bits per heavy atom. The summed E-state index contributed by atoms with van der Waals surface area (Å²) in [6, 6.07) is 0. The SMILES string of the molecule is CCOC(=O)c1nnn(CCCCO)c1-c1nccn1C. The third-order valence-corrected chi connectivity index (χ3v) is 3.01. The molecule has 0 aromatic carbocycles. The van der Waals surface area contributed by atoms with Crippen LogP contribution in [0.1, 0.15) is 30.3 Å². The molecule has 0 aliphatic carbocycles. The van der Waals surface area contributed by atoms with Crippen molar-refractivity contribution in [1.82, 2.24) is 24.5 Å². The third kappa shape index (κ3) is 3.27. The minimum atomic E-state index is -0.510. The van der Waals surface area contributed by atoms with Crippen LogP contribution in [0.15, 0.2) is 12.4 Å². The van der Waals surface area contributed by atoms with Gasteiger partial charge in [0.25, 0.3) is 0 Å². The molecule has 2 heterocycles. The van der Waals surface area contributed by atoms with Crippen LogP contribution in [0.5, 0.6) is 0 Å². The van der Waals surface area contributed by atoms with Crippen LogP contribution in [0.3, 0.4) is 0 Å². The fourth-order valence-electron chi connectivity index (χ4n) is 2.00. The number of ether oxygens (including phenoxy) is 1. The molecule has 0 atom stereocenters. The molecule has 2 rings (SSSR count). The average Bonchev–Trinajstić information content (AvgIpc) is 3.05. The van der Waals surface area contributed by atoms with E-state index in [2.05, 4.69) is 15.3 Å². The predicted octanol–water partition coefficient (Wildman–Crippen LogP) is 0.628. The van der Waals surface area contributed by atoms with Crippen molar-refractivity contribution >= 4 is 5.97 Å². The van der Waals surface area contributed by atoms with Gasteiger partial charge in [0.05, 0.1) is 6.61 Å². The Balaban J connectivity index is 2.38. The lowest BCUT2D eigenvalue weighted by molar-refractivity contribution is 0.0520. The molecule has 2 aromatic heterocycles. The van der Waals surface area contributed by atoms with Gasteiger partial charge >= 0.3 is 5.97 Å². The molecule has 114 valence electrons. The molecule has 0 spiro atoms. The van der Waals surface area contributed by atoms with Gasteiger partial charge in [0.15, 0.2) is 5.82 Å². The van der Waals surface area contributed by atoms with Crippen molar-refractivity contribution in [2.75, 3.05) is 13.2 Å². The van der Waals surface area contributed by atoms with Crippen LogP contribution in [-0.2, 0) is 18.3 Å². The first-order valence-corrected chi connectivity index (χ1v) is 6.88. The number of imidazole rings is 1. The van der Waals surface area contributed by atoms with Crippen molar-refractivity contribution in [3.8, 4) is 11.5 Å². The summed E-state index contributed by atoms with van der Waals surface area (Å²) < 4.78 is 8.44. The van der Waals surface area contributed by atoms with E-state index in [0.717, 1.165) is 6.42 Å². The van der Waals surface area contributed by atoms with Gasteiger partial charge in [0, 0.05) is 32.6 Å². The fraction of sp³-hybridized carbons (Fsp3) is 0.538. The van der Waals surface area contributed by atoms with Crippen LogP contribution < -0.4 is 0 Å². The average molecular weight is 293 g/mol. The summed E-state index contributed by atoms with van der Waals surface area (Å²) in [6.07, 6.45) is 4.83. The molecule has 8 nitrogen and oxygen atoms in total. The van der Waals surface area contributed by atoms with Crippen LogP contribution in [0.2, 0.25) is 0 Å². The fourth-order valence-corrected chi connectivity index (χ4v) is 2.00. The lowest BCUT2D eigenvalue weighted by Gasteiger charge is -2.07. The van der Waals surface area contributed by atoms with Crippen LogP contribution in [0.25, 0.3) is 11.5 Å². The number of hydrogen-bond acceptors (Lipinski definition) is 6. The van der Waals surface area contributed by atoms with Gasteiger partial charge in [-0.05, 0) is 19.8 Å². The van der Waals surface area contributed by atoms with Crippen LogP contribution in [0, 0.1) is 0 Å². The van der Waals surface area contributed by atoms with Crippen molar-refractivity contribution in [2.45, 2.75) is 26.3 Å². The number of carbonyl (C=O) groups excluding carboxylic acids is 1. The summed E-state index contributed by atoms with van der Waals surface area (Å²) in [6.45, 7) is 2.69. The monoisotopic (exact) mass is 293 g/mol. The molecule has 0 aliphatic heterocycles. The molecule has 1 N–H and O–H groups in total. The first kappa shape index (κ1) is 15.2. The number of rotatable bonds is 7. The molecular weight excluding hydrogens is 274 g/mol. The molecule has 2 aromatic rings. The molecule has 0 amide bonds. The summed E-state index contributed by atoms with van der Waals surface area (Å²) in [5.74, 6) is 0.0935. The maximum atomic E-state index is 12.0. The number of aliphatic hydroxyl groups excluding tert-OH is 1. The van der Waals surface area contributed by atoms with Gasteiger partial charge in [-0.1, -0.05) is 5.21 Å². The zero-order valence-electron chi connectivity index (χ0n) is 12.2. The predicted molar refractivity (Wildman–Crippen MR) is 74.5 cm³/mol. The number of hydrogen-bond donors (Lipinski definition) is 1. The van der Waals surface area contributed by atoms with Gasteiger partial charge in [0.2, 0.25) is 5.69 Å². The molecule has 0 radical (unpaired) electrons. The first-order chi connectivity index (χ1) is 10.2. The number of aromatic nitrogens is 5. The summed E-state index contributed by atoms with van der Waals surface area (Å²) in [5, 5.41) is 16.8. The van der Waals surface area contributed by atoms with Crippen molar-refractivity contribution in [3.63, 3.8) is 0 Å². The molecule has 0 fully saturated rings. The number of esters is 1. The number of aryl methyl sites for hydroxylation is 2. The van der Waals surface area contributed by atoms with E-state index in [0.29, 0.717) is 24.5 Å². The van der Waals surface area contributed by atoms with Crippen LogP contribution in [0.4, 0.5) is 0 Å². The standard InChI is InChI=1S/C13H19N5O3/c1-3-21-13(20)10-11(12-14-6-8-17(12)2)18(16-15-10)7-4-5-9-19/h6,8,19H,3-5,7,9H2,1-2H3. The Hall–Kier alpha value is -2.22. The van der Waals surface area contributed by atoms with Gasteiger partial charge in [-0.25, -0.2) is 14.5 Å². The summed E-state index contributed by atoms with van der Waals surface area (Å²) >= 11 is 0. The van der Waals surface area contributed by atoms with E-state index >= 15 is 0 Å². The van der Waals surface area contributed by atoms with E-state index < -0.39 is 5.97 Å². The first-order valence-electron chi connectivity index (χ1n) is 6.88. The van der Waals surface area contributed by atoms with E-state index in [1.807, 2.05) is 7.05 Å². The van der Waals surface area contributed by atoms with Gasteiger partial charge in [-0.15, -0.1) is 5.10 Å². The van der Waals surface area contributed by atoms with E-state index in [1.165, 1.54) is 0 Å². The van der Waals surface area contributed by atoms with Crippen molar-refractivity contribution < 1.29 is 14.6 Å². The Kier molecular flexibility index (Phi) is 5.04. The molecule has 0 saturated carbocycles. The van der Waals surface area contributed by atoms with Gasteiger partial charge in [0.1, 0.15) is 5.69 Å². The van der Waals surface area contributed by atoms with Crippen LogP contribution in [-0.4, -0.2) is 48.8 Å². The highest BCUT2D eigenvalue weighted by Crippen LogP contribution is 2.21. The molecular formula is C13H19N5O3. The lowest BCUT2D eigenvalue weighted by Crippen LogP contribution is -2.11. The Morgan fingerprint density at radius 3 is 2.86 bits per heavy atom. The second kappa shape index (κ2) is 6.98. The minimum absolute atomic E-state index is 0.122. The van der Waals surface area contributed by atoms with E-state index in [9.17, 15) is 4.79 Å². The Bertz CT molecular complexity index is 605. The second-order valence-electron chi connectivity index (χ2n) is 4.52. The van der Waals surface area contributed by atoms with E-state index in [-0.39, 0.29) is 18.9 Å². The molecule has 0 unspecified atom stereocenters. The van der Waals surface area contributed by atoms with Gasteiger partial charge < -0.3 is 14.4 Å². The van der Waals surface area contributed by atoms with E-state index in [4.69, 9.17) is 9.84 Å². The largest absolute Gasteiger partial charge is 0.461 e. The van der Waals surface area contributed by atoms with E-state index in [1.54, 1.807) is 28.6 Å². The quantitative estimate of drug-likeness (QED) is 0.594. The normalized spacial score (nSPS) is 10.8. The summed E-state index contributed by atoms with van der Waals surface area (Å²) in [5.41, 5.74) is 0.703. The maximum Gasteiger partial charge on any atom is 0.361 e. The smallest absolute Gasteiger partial charge is 0.361 e. The molecule has 21 heavy (non-hydrogen) atoms. The highest BCUT2D eigenvalue weighted by molar-refractivity contribution is 5.93. The molecule has 0 bridgehead atoms. The zero-order valence-corrected chi connectivity index (χ0v) is 12.2. The number of nitrogens with zero attached hydrogens (tertiary/aromatic N) is 5. The minimum Gasteiger partial charge on any atom is -0.461 e. The number of aliphatic hydroxyl groups is 1. The number of unbranched alkanes of at least 4 members (excludes halogenated alkanes) is 1. The van der Waals surface area contributed by atoms with Crippen molar-refractivity contribution in [2.24, 2.45) is 7.05 Å². The van der Waals surface area contributed by atoms with Crippen molar-refractivity contribution in [1.29, 1.82) is 0 Å². The molecule has 8 heteroatoms. The third-order valence-electron chi connectivity index (χ3n) is 3.01. The summed E-state index contributed by atoms with van der Waals surface area (Å²) in [7, 11) is 1.84. The van der Waals surface area contributed by atoms with Crippen molar-refractivity contribution in [3.05, 3.63) is 18.1 Å². The highest BCUT2D eigenvalue weighted by Gasteiger charge is 2.24. The lowest BCUT2D eigenvalue weighted by atomic mass is 10.2.